The lowest BCUT2D eigenvalue weighted by Gasteiger charge is -2.15. The molecule has 0 amide bonds. The quantitative estimate of drug-likeness (QED) is 0.822. The second kappa shape index (κ2) is 5.41. The van der Waals surface area contributed by atoms with Crippen molar-refractivity contribution in [3.8, 4) is 11.5 Å². The summed E-state index contributed by atoms with van der Waals surface area (Å²) in [6, 6.07) is 6.73. The van der Waals surface area contributed by atoms with Gasteiger partial charge in [-0.15, -0.1) is 0 Å². The van der Waals surface area contributed by atoms with Gasteiger partial charge in [0.1, 0.15) is 11.5 Å². The van der Waals surface area contributed by atoms with Crippen molar-refractivity contribution in [3.05, 3.63) is 23.8 Å². The van der Waals surface area contributed by atoms with E-state index in [1.54, 1.807) is 7.11 Å². The molecule has 0 spiro atoms. The topological polar surface area (TPSA) is 30.5 Å². The van der Waals surface area contributed by atoms with Crippen molar-refractivity contribution in [3.63, 3.8) is 0 Å². The van der Waals surface area contributed by atoms with Crippen molar-refractivity contribution >= 4 is 0 Å². The molecule has 2 rings (SSSR count). The van der Waals surface area contributed by atoms with E-state index in [1.165, 1.54) is 18.4 Å². The third-order valence-electron chi connectivity index (χ3n) is 2.80. The predicted molar refractivity (Wildman–Crippen MR) is 68.6 cm³/mol. The number of nitrogens with one attached hydrogen (secondary N) is 1. The van der Waals surface area contributed by atoms with Gasteiger partial charge in [-0.05, 0) is 32.8 Å². The highest BCUT2D eigenvalue weighted by atomic mass is 16.5. The van der Waals surface area contributed by atoms with Gasteiger partial charge >= 0.3 is 0 Å². The number of ether oxygens (including phenoxy) is 2. The van der Waals surface area contributed by atoms with E-state index in [2.05, 4.69) is 11.4 Å². The van der Waals surface area contributed by atoms with Crippen LogP contribution in [0.4, 0.5) is 0 Å². The lowest BCUT2D eigenvalue weighted by atomic mass is 10.2. The Hall–Kier alpha value is -1.22. The molecule has 17 heavy (non-hydrogen) atoms. The van der Waals surface area contributed by atoms with Crippen LogP contribution in [-0.2, 0) is 6.54 Å². The van der Waals surface area contributed by atoms with Gasteiger partial charge in [0.25, 0.3) is 0 Å². The fourth-order valence-corrected chi connectivity index (χ4v) is 1.71. The van der Waals surface area contributed by atoms with Crippen LogP contribution < -0.4 is 14.8 Å². The van der Waals surface area contributed by atoms with Crippen molar-refractivity contribution in [2.24, 2.45) is 0 Å². The van der Waals surface area contributed by atoms with Crippen molar-refractivity contribution in [1.82, 2.24) is 5.32 Å². The summed E-state index contributed by atoms with van der Waals surface area (Å²) in [5, 5.41) is 3.50. The Bertz CT molecular complexity index is 372. The van der Waals surface area contributed by atoms with E-state index in [9.17, 15) is 0 Å². The van der Waals surface area contributed by atoms with Gasteiger partial charge in [0.05, 0.1) is 13.2 Å². The zero-order valence-corrected chi connectivity index (χ0v) is 10.8. The molecule has 1 saturated carbocycles. The molecule has 1 aromatic carbocycles. The lowest BCUT2D eigenvalue weighted by Crippen LogP contribution is -2.17. The van der Waals surface area contributed by atoms with Crippen LogP contribution in [-0.4, -0.2) is 19.3 Å². The zero-order chi connectivity index (χ0) is 12.3. The maximum Gasteiger partial charge on any atom is 0.127 e. The van der Waals surface area contributed by atoms with Crippen molar-refractivity contribution in [1.29, 1.82) is 0 Å². The minimum absolute atomic E-state index is 0.182. The Labute approximate surface area is 103 Å². The van der Waals surface area contributed by atoms with Crippen LogP contribution in [0.3, 0.4) is 0 Å². The van der Waals surface area contributed by atoms with E-state index in [4.69, 9.17) is 9.47 Å². The number of hydrogen-bond acceptors (Lipinski definition) is 3. The van der Waals surface area contributed by atoms with E-state index < -0.39 is 0 Å². The first-order chi connectivity index (χ1) is 8.19. The summed E-state index contributed by atoms with van der Waals surface area (Å²) in [6.45, 7) is 4.95. The molecular weight excluding hydrogens is 214 g/mol. The minimum Gasteiger partial charge on any atom is -0.497 e. The largest absolute Gasteiger partial charge is 0.497 e. The van der Waals surface area contributed by atoms with E-state index >= 15 is 0 Å². The van der Waals surface area contributed by atoms with Gasteiger partial charge in [-0.2, -0.15) is 0 Å². The van der Waals surface area contributed by atoms with Gasteiger partial charge in [0, 0.05) is 24.2 Å². The number of methoxy groups -OCH3 is 1. The molecule has 0 aliphatic heterocycles. The summed E-state index contributed by atoms with van der Waals surface area (Å²) in [6.07, 6.45) is 2.79. The molecule has 1 aromatic rings. The Morgan fingerprint density at radius 2 is 2.12 bits per heavy atom. The van der Waals surface area contributed by atoms with Gasteiger partial charge in [-0.3, -0.25) is 0 Å². The van der Waals surface area contributed by atoms with E-state index in [1.807, 2.05) is 26.0 Å². The SMILES string of the molecule is COc1ccc(CNC2CC2)c(OC(C)C)c1. The number of rotatable bonds is 6. The molecule has 0 saturated heterocycles. The molecule has 0 unspecified atom stereocenters. The molecule has 3 heteroatoms. The van der Waals surface area contributed by atoms with Crippen molar-refractivity contribution < 1.29 is 9.47 Å². The molecule has 1 aliphatic rings. The van der Waals surface area contributed by atoms with Crippen LogP contribution in [0.5, 0.6) is 11.5 Å². The average Bonchev–Trinajstić information content (AvgIpc) is 3.10. The van der Waals surface area contributed by atoms with Gasteiger partial charge in [0.2, 0.25) is 0 Å². The summed E-state index contributed by atoms with van der Waals surface area (Å²) in [5.41, 5.74) is 1.20. The first kappa shape index (κ1) is 12.2. The highest BCUT2D eigenvalue weighted by Crippen LogP contribution is 2.27. The molecule has 0 atom stereocenters. The molecule has 3 nitrogen and oxygen atoms in total. The Morgan fingerprint density at radius 3 is 2.71 bits per heavy atom. The summed E-state index contributed by atoms with van der Waals surface area (Å²) < 4.78 is 11.0. The van der Waals surface area contributed by atoms with Crippen LogP contribution in [0.15, 0.2) is 18.2 Å². The molecule has 0 radical (unpaired) electrons. The molecule has 1 fully saturated rings. The van der Waals surface area contributed by atoms with Crippen LogP contribution in [0.25, 0.3) is 0 Å². The van der Waals surface area contributed by atoms with Crippen molar-refractivity contribution in [2.45, 2.75) is 45.4 Å². The molecule has 0 heterocycles. The Morgan fingerprint density at radius 1 is 1.35 bits per heavy atom. The predicted octanol–water partition coefficient (Wildman–Crippen LogP) is 2.73. The van der Waals surface area contributed by atoms with E-state index in [0.717, 1.165) is 18.0 Å². The number of benzene rings is 1. The fourth-order valence-electron chi connectivity index (χ4n) is 1.71. The molecule has 1 N–H and O–H groups in total. The van der Waals surface area contributed by atoms with Crippen LogP contribution in [0, 0.1) is 0 Å². The molecule has 1 aliphatic carbocycles. The lowest BCUT2D eigenvalue weighted by molar-refractivity contribution is 0.238. The summed E-state index contributed by atoms with van der Waals surface area (Å²) in [4.78, 5) is 0. The average molecular weight is 235 g/mol. The third kappa shape index (κ3) is 3.63. The maximum atomic E-state index is 5.82. The van der Waals surface area contributed by atoms with Gasteiger partial charge in [-0.25, -0.2) is 0 Å². The van der Waals surface area contributed by atoms with Gasteiger partial charge in [-0.1, -0.05) is 6.07 Å². The highest BCUT2D eigenvalue weighted by Gasteiger charge is 2.20. The normalized spacial score (nSPS) is 15.1. The first-order valence-electron chi connectivity index (χ1n) is 6.26. The number of hydrogen-bond donors (Lipinski definition) is 1. The van der Waals surface area contributed by atoms with Crippen LogP contribution in [0.1, 0.15) is 32.3 Å². The zero-order valence-electron chi connectivity index (χ0n) is 10.8. The third-order valence-corrected chi connectivity index (χ3v) is 2.80. The molecule has 0 aromatic heterocycles. The highest BCUT2D eigenvalue weighted by molar-refractivity contribution is 5.40. The summed E-state index contributed by atoms with van der Waals surface area (Å²) in [5.74, 6) is 1.77. The van der Waals surface area contributed by atoms with E-state index in [-0.39, 0.29) is 6.10 Å². The smallest absolute Gasteiger partial charge is 0.127 e. The Balaban J connectivity index is 2.09. The van der Waals surface area contributed by atoms with Crippen LogP contribution in [0.2, 0.25) is 0 Å². The minimum atomic E-state index is 0.182. The van der Waals surface area contributed by atoms with Crippen LogP contribution >= 0.6 is 0 Å². The van der Waals surface area contributed by atoms with E-state index in [0.29, 0.717) is 6.04 Å². The first-order valence-corrected chi connectivity index (χ1v) is 6.26. The summed E-state index contributed by atoms with van der Waals surface area (Å²) >= 11 is 0. The van der Waals surface area contributed by atoms with Gasteiger partial charge in [0.15, 0.2) is 0 Å². The molecule has 0 bridgehead atoms. The standard InChI is InChI=1S/C14H21NO2/c1-10(2)17-14-8-13(16-3)7-4-11(14)9-15-12-5-6-12/h4,7-8,10,12,15H,5-6,9H2,1-3H3. The monoisotopic (exact) mass is 235 g/mol. The molecule has 94 valence electrons. The second-order valence-corrected chi connectivity index (χ2v) is 4.80. The Kier molecular flexibility index (Phi) is 3.89. The second-order valence-electron chi connectivity index (χ2n) is 4.80. The fraction of sp³-hybridized carbons (Fsp3) is 0.571. The summed E-state index contributed by atoms with van der Waals surface area (Å²) in [7, 11) is 1.68. The van der Waals surface area contributed by atoms with Gasteiger partial charge < -0.3 is 14.8 Å². The maximum absolute atomic E-state index is 5.82. The van der Waals surface area contributed by atoms with Crippen molar-refractivity contribution in [2.75, 3.05) is 7.11 Å². The molecular formula is C14H21NO2.